The molecule has 130 valence electrons. The fourth-order valence-electron chi connectivity index (χ4n) is 2.19. The number of aliphatic hydroxyl groups excluding tert-OH is 1. The largest absolute Gasteiger partial charge is 0.494 e. The summed E-state index contributed by atoms with van der Waals surface area (Å²) in [4.78, 5) is 22.9. The van der Waals surface area contributed by atoms with E-state index in [1.165, 1.54) is 6.08 Å². The molecule has 0 heterocycles. The molecule has 0 aliphatic carbocycles. The van der Waals surface area contributed by atoms with Crippen LogP contribution < -0.4 is 4.74 Å². The van der Waals surface area contributed by atoms with E-state index in [0.717, 1.165) is 12.5 Å². The molecule has 2 N–H and O–H groups in total. The summed E-state index contributed by atoms with van der Waals surface area (Å²) in [5.74, 6) is -0.442. The summed E-state index contributed by atoms with van der Waals surface area (Å²) >= 11 is 0. The van der Waals surface area contributed by atoms with Gasteiger partial charge in [-0.1, -0.05) is 24.3 Å². The second-order valence-electron chi connectivity index (χ2n) is 5.43. The van der Waals surface area contributed by atoms with Crippen LogP contribution in [0.4, 0.5) is 0 Å². The topological polar surface area (TPSA) is 83.8 Å². The monoisotopic (exact) mass is 340 g/mol. The molecule has 0 aliphatic heterocycles. The minimum atomic E-state index is -1.01. The first-order valence-corrected chi connectivity index (χ1v) is 7.99. The number of aliphatic hydroxyl groups is 1. The number of ketones is 1. The van der Waals surface area contributed by atoms with Gasteiger partial charge in [0.05, 0.1) is 6.61 Å². The van der Waals surface area contributed by atoms with Crippen molar-refractivity contribution in [1.82, 2.24) is 0 Å². The Kier molecular flexibility index (Phi) is 6.92. The van der Waals surface area contributed by atoms with Gasteiger partial charge in [0.25, 0.3) is 0 Å². The smallest absolute Gasteiger partial charge is 0.328 e. The van der Waals surface area contributed by atoms with Gasteiger partial charge in [0.2, 0.25) is 0 Å². The fourth-order valence-corrected chi connectivity index (χ4v) is 2.19. The Balaban J connectivity index is 1.99. The molecule has 2 rings (SSSR count). The standard InChI is InChI=1S/C20H20O5/c21-13-1-2-14-25-18-10-8-17(9-11-18)20(24)16-6-3-15(4-7-16)5-12-19(22)23/h3-12,21H,1-2,13-14H2,(H,22,23). The van der Waals surface area contributed by atoms with Gasteiger partial charge in [0, 0.05) is 23.8 Å². The lowest BCUT2D eigenvalue weighted by Gasteiger charge is -2.07. The van der Waals surface area contributed by atoms with E-state index in [0.29, 0.717) is 35.5 Å². The lowest BCUT2D eigenvalue weighted by Crippen LogP contribution is -2.02. The van der Waals surface area contributed by atoms with Crippen molar-refractivity contribution >= 4 is 17.8 Å². The molecule has 5 heteroatoms. The van der Waals surface area contributed by atoms with E-state index < -0.39 is 5.97 Å². The van der Waals surface area contributed by atoms with Gasteiger partial charge >= 0.3 is 5.97 Å². The zero-order valence-electron chi connectivity index (χ0n) is 13.7. The molecule has 2 aromatic rings. The van der Waals surface area contributed by atoms with E-state index in [-0.39, 0.29) is 12.4 Å². The van der Waals surface area contributed by atoms with Crippen molar-refractivity contribution in [3.8, 4) is 5.75 Å². The number of carbonyl (C=O) groups excluding carboxylic acids is 1. The molecular formula is C20H20O5. The first kappa shape index (κ1) is 18.4. The van der Waals surface area contributed by atoms with Crippen LogP contribution in [-0.2, 0) is 4.79 Å². The minimum absolute atomic E-state index is 0.111. The van der Waals surface area contributed by atoms with Gasteiger partial charge < -0.3 is 14.9 Å². The van der Waals surface area contributed by atoms with Gasteiger partial charge in [-0.2, -0.15) is 0 Å². The number of unbranched alkanes of at least 4 members (excludes halogenated alkanes) is 1. The molecule has 0 spiro atoms. The third kappa shape index (κ3) is 5.90. The van der Waals surface area contributed by atoms with Crippen LogP contribution in [-0.4, -0.2) is 35.2 Å². The minimum Gasteiger partial charge on any atom is -0.494 e. The van der Waals surface area contributed by atoms with Gasteiger partial charge in [-0.25, -0.2) is 4.79 Å². The molecule has 0 saturated heterocycles. The maximum atomic E-state index is 12.5. The molecule has 0 unspecified atom stereocenters. The lowest BCUT2D eigenvalue weighted by atomic mass is 10.0. The summed E-state index contributed by atoms with van der Waals surface area (Å²) in [5.41, 5.74) is 1.80. The molecule has 0 bridgehead atoms. The van der Waals surface area contributed by atoms with Gasteiger partial charge in [0.1, 0.15) is 5.75 Å². The predicted molar refractivity (Wildman–Crippen MR) is 94.8 cm³/mol. The Hall–Kier alpha value is -2.92. The predicted octanol–water partition coefficient (Wildman–Crippen LogP) is 3.17. The number of carboxylic acids is 1. The van der Waals surface area contributed by atoms with Gasteiger partial charge in [-0.05, 0) is 48.7 Å². The summed E-state index contributed by atoms with van der Waals surface area (Å²) in [6.45, 7) is 0.681. The molecule has 0 fully saturated rings. The molecule has 2 aromatic carbocycles. The van der Waals surface area contributed by atoms with Gasteiger partial charge in [-0.3, -0.25) is 4.79 Å². The first-order valence-electron chi connectivity index (χ1n) is 7.99. The van der Waals surface area contributed by atoms with E-state index in [4.69, 9.17) is 14.9 Å². The summed E-state index contributed by atoms with van der Waals surface area (Å²) in [6, 6.07) is 13.7. The second-order valence-corrected chi connectivity index (χ2v) is 5.43. The van der Waals surface area contributed by atoms with Crippen LogP contribution in [0.15, 0.2) is 54.6 Å². The van der Waals surface area contributed by atoms with Crippen LogP contribution in [0.1, 0.15) is 34.3 Å². The highest BCUT2D eigenvalue weighted by molar-refractivity contribution is 6.09. The Morgan fingerprint density at radius 1 is 0.920 bits per heavy atom. The third-order valence-corrected chi connectivity index (χ3v) is 3.53. The number of ether oxygens (including phenoxy) is 1. The van der Waals surface area contributed by atoms with Crippen LogP contribution in [0.3, 0.4) is 0 Å². The highest BCUT2D eigenvalue weighted by Crippen LogP contribution is 2.16. The first-order chi connectivity index (χ1) is 12.1. The zero-order chi connectivity index (χ0) is 18.1. The van der Waals surface area contributed by atoms with Crippen LogP contribution in [0.2, 0.25) is 0 Å². The average Bonchev–Trinajstić information content (AvgIpc) is 2.64. The number of benzene rings is 2. The summed E-state index contributed by atoms with van der Waals surface area (Å²) in [6.07, 6.45) is 4.00. The number of carbonyl (C=O) groups is 2. The van der Waals surface area contributed by atoms with Crippen LogP contribution in [0.5, 0.6) is 5.75 Å². The molecule has 0 radical (unpaired) electrons. The molecular weight excluding hydrogens is 320 g/mol. The van der Waals surface area contributed by atoms with Gasteiger partial charge in [-0.15, -0.1) is 0 Å². The van der Waals surface area contributed by atoms with E-state index in [1.54, 1.807) is 48.5 Å². The number of carboxylic acid groups (broad SMARTS) is 1. The molecule has 5 nitrogen and oxygen atoms in total. The maximum Gasteiger partial charge on any atom is 0.328 e. The summed E-state index contributed by atoms with van der Waals surface area (Å²) in [7, 11) is 0. The normalized spacial score (nSPS) is 10.8. The maximum absolute atomic E-state index is 12.5. The number of rotatable bonds is 9. The Bertz CT molecular complexity index is 730. The van der Waals surface area contributed by atoms with Crippen LogP contribution in [0, 0.1) is 0 Å². The SMILES string of the molecule is O=C(O)C=Cc1ccc(C(=O)c2ccc(OCCCCO)cc2)cc1. The number of aliphatic carboxylic acids is 1. The second kappa shape index (κ2) is 9.39. The quantitative estimate of drug-likeness (QED) is 0.416. The number of hydrogen-bond acceptors (Lipinski definition) is 4. The Morgan fingerprint density at radius 3 is 2.08 bits per heavy atom. The molecule has 0 amide bonds. The van der Waals surface area contributed by atoms with E-state index in [9.17, 15) is 9.59 Å². The third-order valence-electron chi connectivity index (χ3n) is 3.53. The number of hydrogen-bond donors (Lipinski definition) is 2. The van der Waals surface area contributed by atoms with Crippen LogP contribution in [0.25, 0.3) is 6.08 Å². The molecule has 0 aliphatic rings. The van der Waals surface area contributed by atoms with Crippen molar-refractivity contribution in [2.45, 2.75) is 12.8 Å². The van der Waals surface area contributed by atoms with E-state index >= 15 is 0 Å². The highest BCUT2D eigenvalue weighted by Gasteiger charge is 2.09. The molecule has 0 atom stereocenters. The van der Waals surface area contributed by atoms with E-state index in [2.05, 4.69) is 0 Å². The van der Waals surface area contributed by atoms with Crippen molar-refractivity contribution in [2.75, 3.05) is 13.2 Å². The van der Waals surface area contributed by atoms with Gasteiger partial charge in [0.15, 0.2) is 5.78 Å². The van der Waals surface area contributed by atoms with E-state index in [1.807, 2.05) is 0 Å². The van der Waals surface area contributed by atoms with Crippen molar-refractivity contribution in [3.05, 3.63) is 71.3 Å². The van der Waals surface area contributed by atoms with Crippen LogP contribution >= 0.6 is 0 Å². The van der Waals surface area contributed by atoms with Crippen molar-refractivity contribution in [3.63, 3.8) is 0 Å². The fraction of sp³-hybridized carbons (Fsp3) is 0.200. The van der Waals surface area contributed by atoms with Crippen molar-refractivity contribution < 1.29 is 24.5 Å². The van der Waals surface area contributed by atoms with Crippen molar-refractivity contribution in [2.24, 2.45) is 0 Å². The average molecular weight is 340 g/mol. The highest BCUT2D eigenvalue weighted by atomic mass is 16.5. The molecule has 0 saturated carbocycles. The summed E-state index contributed by atoms with van der Waals surface area (Å²) < 4.78 is 5.53. The molecule has 25 heavy (non-hydrogen) atoms. The van der Waals surface area contributed by atoms with Crippen molar-refractivity contribution in [1.29, 1.82) is 0 Å². The Labute approximate surface area is 146 Å². The lowest BCUT2D eigenvalue weighted by molar-refractivity contribution is -0.131. The Morgan fingerprint density at radius 2 is 1.52 bits per heavy atom. The summed E-state index contributed by atoms with van der Waals surface area (Å²) in [5, 5.41) is 17.3. The molecule has 0 aromatic heterocycles. The zero-order valence-corrected chi connectivity index (χ0v) is 13.7.